The Morgan fingerprint density at radius 2 is 1.95 bits per heavy atom. The highest BCUT2D eigenvalue weighted by Gasteiger charge is 2.43. The summed E-state index contributed by atoms with van der Waals surface area (Å²) < 4.78 is 6.54. The van der Waals surface area contributed by atoms with Crippen molar-refractivity contribution in [2.75, 3.05) is 38.2 Å². The number of ether oxygens (including phenoxy) is 1. The molecular weight excluding hydrogens is 500 g/mol. The quantitative estimate of drug-likeness (QED) is 0.470. The molecule has 2 aromatic carbocycles. The van der Waals surface area contributed by atoms with E-state index in [1.165, 1.54) is 11.1 Å². The first kappa shape index (κ1) is 26.6. The van der Waals surface area contributed by atoms with Gasteiger partial charge in [0.1, 0.15) is 5.75 Å². The van der Waals surface area contributed by atoms with Gasteiger partial charge in [-0.1, -0.05) is 35.9 Å². The molecule has 0 unspecified atom stereocenters. The minimum atomic E-state index is -1.35. The van der Waals surface area contributed by atoms with Gasteiger partial charge in [-0.15, -0.1) is 0 Å². The van der Waals surface area contributed by atoms with Crippen LogP contribution in [0.1, 0.15) is 62.1 Å². The number of aryl methyl sites for hydroxylation is 1. The summed E-state index contributed by atoms with van der Waals surface area (Å²) in [5.74, 6) is -0.421. The van der Waals surface area contributed by atoms with Crippen LogP contribution in [0.25, 0.3) is 0 Å². The van der Waals surface area contributed by atoms with Crippen molar-refractivity contribution in [3.8, 4) is 5.75 Å². The third kappa shape index (κ3) is 5.03. The second-order valence-electron chi connectivity index (χ2n) is 11.4. The maximum absolute atomic E-state index is 13.0. The number of anilines is 1. The first-order chi connectivity index (χ1) is 18.2. The number of likely N-dealkylation sites (N-methyl/N-ethyl adjacent to an activating group) is 1. The number of hydrogen-bond acceptors (Lipinski definition) is 4. The van der Waals surface area contributed by atoms with Crippen LogP contribution in [0.3, 0.4) is 0 Å². The van der Waals surface area contributed by atoms with E-state index in [0.717, 1.165) is 68.1 Å². The standard InChI is InChI=1S/C31H37ClN2O4/c1-30(29(36)37)19-28(35)33(2)15-6-4-3-5-7-16-34-20-31(21-38-27-13-10-23(30)18-26(27)34)14-8-9-22-17-24(32)11-12-25(22)31/h4,6,10-13,17-18H,3,5,7-9,14-16,19-21H2,1-2H3,(H,36,37)/b6-4-/t30-,31-/m0/s1. The molecule has 5 rings (SSSR count). The average Bonchev–Trinajstić information content (AvgIpc) is 3.04. The van der Waals surface area contributed by atoms with Crippen molar-refractivity contribution in [1.29, 1.82) is 0 Å². The number of allylic oxidation sites excluding steroid dienone is 1. The van der Waals surface area contributed by atoms with Crippen LogP contribution in [-0.2, 0) is 26.8 Å². The van der Waals surface area contributed by atoms with Crippen LogP contribution in [0, 0.1) is 0 Å². The summed E-state index contributed by atoms with van der Waals surface area (Å²) in [5, 5.41) is 11.1. The van der Waals surface area contributed by atoms with Gasteiger partial charge >= 0.3 is 5.97 Å². The number of carboxylic acids is 1. The summed E-state index contributed by atoms with van der Waals surface area (Å²) in [5.41, 5.74) is 2.62. The highest BCUT2D eigenvalue weighted by Crippen LogP contribution is 2.45. The van der Waals surface area contributed by atoms with Gasteiger partial charge in [-0.05, 0) is 86.4 Å². The van der Waals surface area contributed by atoms with Gasteiger partial charge in [-0.2, -0.15) is 0 Å². The lowest BCUT2D eigenvalue weighted by atomic mass is 9.70. The SMILES string of the molecule is CN1C/C=C\CCCCN2C[C@@]3(CCCc4cc(Cl)ccc43)COc3ccc(cc32)[C@@](C)(C(=O)O)CC1=O. The molecule has 0 saturated heterocycles. The van der Waals surface area contributed by atoms with E-state index in [4.69, 9.17) is 16.3 Å². The molecule has 1 N–H and O–H groups in total. The van der Waals surface area contributed by atoms with Crippen molar-refractivity contribution in [2.24, 2.45) is 0 Å². The Hall–Kier alpha value is -2.99. The Balaban J connectivity index is 1.59. The van der Waals surface area contributed by atoms with Crippen LogP contribution in [0.15, 0.2) is 48.6 Å². The molecule has 3 aliphatic rings. The van der Waals surface area contributed by atoms with Gasteiger partial charge in [0.25, 0.3) is 0 Å². The smallest absolute Gasteiger partial charge is 0.314 e. The predicted molar refractivity (Wildman–Crippen MR) is 150 cm³/mol. The molecule has 0 fully saturated rings. The van der Waals surface area contributed by atoms with Gasteiger partial charge in [-0.25, -0.2) is 0 Å². The van der Waals surface area contributed by atoms with Crippen LogP contribution in [0.5, 0.6) is 5.75 Å². The molecule has 6 nitrogen and oxygen atoms in total. The number of halogens is 1. The van der Waals surface area contributed by atoms with E-state index in [-0.39, 0.29) is 17.7 Å². The molecule has 2 aliphatic heterocycles. The molecule has 0 saturated carbocycles. The molecule has 2 bridgehead atoms. The van der Waals surface area contributed by atoms with Crippen LogP contribution < -0.4 is 9.64 Å². The Morgan fingerprint density at radius 1 is 1.11 bits per heavy atom. The summed E-state index contributed by atoms with van der Waals surface area (Å²) in [7, 11) is 1.73. The molecule has 2 heterocycles. The van der Waals surface area contributed by atoms with Crippen molar-refractivity contribution in [1.82, 2.24) is 4.90 Å². The zero-order chi connectivity index (χ0) is 26.9. The van der Waals surface area contributed by atoms with Crippen LogP contribution >= 0.6 is 11.6 Å². The normalized spacial score (nSPS) is 27.0. The lowest BCUT2D eigenvalue weighted by molar-refractivity contribution is -0.147. The Kier molecular flexibility index (Phi) is 7.45. The number of carbonyl (C=O) groups excluding carboxylic acids is 1. The van der Waals surface area contributed by atoms with Crippen LogP contribution in [0.4, 0.5) is 5.69 Å². The molecule has 1 spiro atoms. The van der Waals surface area contributed by atoms with E-state index in [1.54, 1.807) is 18.9 Å². The van der Waals surface area contributed by atoms with E-state index < -0.39 is 11.4 Å². The summed E-state index contributed by atoms with van der Waals surface area (Å²) in [6.07, 6.45) is 10.1. The summed E-state index contributed by atoms with van der Waals surface area (Å²) in [6, 6.07) is 11.9. The number of benzene rings is 2. The molecule has 7 heteroatoms. The van der Waals surface area contributed by atoms with Crippen LogP contribution in [-0.4, -0.2) is 55.2 Å². The number of aliphatic carboxylic acids is 1. The van der Waals surface area contributed by atoms with Crippen molar-refractivity contribution >= 4 is 29.2 Å². The Bertz CT molecular complexity index is 1260. The van der Waals surface area contributed by atoms with E-state index in [2.05, 4.69) is 23.1 Å². The first-order valence-electron chi connectivity index (χ1n) is 13.7. The number of hydrogen-bond donors (Lipinski definition) is 1. The lowest BCUT2D eigenvalue weighted by Crippen LogP contribution is -2.46. The molecular formula is C31H37ClN2O4. The summed E-state index contributed by atoms with van der Waals surface area (Å²) in [4.78, 5) is 29.7. The maximum Gasteiger partial charge on any atom is 0.314 e. The largest absolute Gasteiger partial charge is 0.490 e. The van der Waals surface area contributed by atoms with Crippen molar-refractivity contribution < 1.29 is 19.4 Å². The van der Waals surface area contributed by atoms with Gasteiger partial charge in [0.05, 0.1) is 17.7 Å². The lowest BCUT2D eigenvalue weighted by Gasteiger charge is -2.41. The van der Waals surface area contributed by atoms with Gasteiger partial charge in [0.2, 0.25) is 5.91 Å². The number of fused-ring (bicyclic) bond motifs is 3. The van der Waals surface area contributed by atoms with Gasteiger partial charge < -0.3 is 19.6 Å². The molecule has 0 aromatic heterocycles. The second kappa shape index (κ2) is 10.6. The van der Waals surface area contributed by atoms with Crippen molar-refractivity contribution in [2.45, 2.75) is 62.7 Å². The topological polar surface area (TPSA) is 70.1 Å². The minimum absolute atomic E-state index is 0.107. The third-order valence-corrected chi connectivity index (χ3v) is 8.91. The summed E-state index contributed by atoms with van der Waals surface area (Å²) >= 11 is 6.36. The number of nitrogens with zero attached hydrogens (tertiary/aromatic N) is 2. The third-order valence-electron chi connectivity index (χ3n) is 8.67. The Labute approximate surface area is 230 Å². The predicted octanol–water partition coefficient (Wildman–Crippen LogP) is 5.74. The minimum Gasteiger partial charge on any atom is -0.490 e. The molecule has 202 valence electrons. The summed E-state index contributed by atoms with van der Waals surface area (Å²) in [6.45, 7) is 4.33. The van der Waals surface area contributed by atoms with Gasteiger partial charge in [-0.3, -0.25) is 9.59 Å². The zero-order valence-corrected chi connectivity index (χ0v) is 23.1. The number of carbonyl (C=O) groups is 2. The molecule has 1 amide bonds. The first-order valence-corrected chi connectivity index (χ1v) is 14.0. The fourth-order valence-corrected chi connectivity index (χ4v) is 6.44. The molecule has 0 radical (unpaired) electrons. The fraction of sp³-hybridized carbons (Fsp3) is 0.484. The monoisotopic (exact) mass is 536 g/mol. The van der Waals surface area contributed by atoms with E-state index >= 15 is 0 Å². The van der Waals surface area contributed by atoms with E-state index in [1.807, 2.05) is 30.3 Å². The highest BCUT2D eigenvalue weighted by atomic mass is 35.5. The van der Waals surface area contributed by atoms with Gasteiger partial charge in [0, 0.05) is 43.5 Å². The van der Waals surface area contributed by atoms with Crippen molar-refractivity contribution in [3.63, 3.8) is 0 Å². The number of carboxylic acid groups (broad SMARTS) is 1. The van der Waals surface area contributed by atoms with Crippen LogP contribution in [0.2, 0.25) is 5.02 Å². The highest BCUT2D eigenvalue weighted by molar-refractivity contribution is 6.30. The second-order valence-corrected chi connectivity index (χ2v) is 11.8. The average molecular weight is 537 g/mol. The van der Waals surface area contributed by atoms with Gasteiger partial charge in [0.15, 0.2) is 0 Å². The van der Waals surface area contributed by atoms with Crippen molar-refractivity contribution in [3.05, 3.63) is 70.3 Å². The number of amides is 1. The number of rotatable bonds is 1. The molecule has 38 heavy (non-hydrogen) atoms. The molecule has 1 aliphatic carbocycles. The molecule has 2 atom stereocenters. The molecule has 2 aromatic rings. The van der Waals surface area contributed by atoms with E-state index in [9.17, 15) is 14.7 Å². The maximum atomic E-state index is 13.0. The Morgan fingerprint density at radius 3 is 2.76 bits per heavy atom. The fourth-order valence-electron chi connectivity index (χ4n) is 6.25. The van der Waals surface area contributed by atoms with E-state index in [0.29, 0.717) is 18.7 Å². The zero-order valence-electron chi connectivity index (χ0n) is 22.3.